The minimum Gasteiger partial charge on any atom is -0.507 e. The SMILES string of the molecule is CCC(=O)c1ccc(OCc2cccc(Oc3ccc(-c4nn[nH]n4)cn3)c2)c(C)c1O. The van der Waals surface area contributed by atoms with Crippen LogP contribution in [0, 0.1) is 6.92 Å². The number of carbonyl (C=O) groups is 1. The molecular weight excluding hydrogens is 410 g/mol. The van der Waals surface area contributed by atoms with Gasteiger partial charge >= 0.3 is 0 Å². The highest BCUT2D eigenvalue weighted by molar-refractivity contribution is 5.99. The highest BCUT2D eigenvalue weighted by atomic mass is 16.5. The van der Waals surface area contributed by atoms with Crippen molar-refractivity contribution in [3.05, 3.63) is 71.4 Å². The van der Waals surface area contributed by atoms with Crippen molar-refractivity contribution >= 4 is 5.78 Å². The second kappa shape index (κ2) is 9.25. The number of hydrogen-bond acceptors (Lipinski definition) is 8. The maximum atomic E-state index is 11.9. The molecule has 9 nitrogen and oxygen atoms in total. The Bertz CT molecular complexity index is 1220. The number of hydrogen-bond donors (Lipinski definition) is 2. The van der Waals surface area contributed by atoms with E-state index in [1.54, 1.807) is 44.3 Å². The molecule has 4 aromatic rings. The molecule has 0 saturated carbocycles. The van der Waals surface area contributed by atoms with E-state index in [0.717, 1.165) is 11.1 Å². The summed E-state index contributed by atoms with van der Waals surface area (Å²) in [6.07, 6.45) is 1.93. The number of Topliss-reactive ketones (excluding diaryl/α,β-unsaturated/α-hetero) is 1. The number of ketones is 1. The number of nitrogens with zero attached hydrogens (tertiary/aromatic N) is 4. The monoisotopic (exact) mass is 431 g/mol. The van der Waals surface area contributed by atoms with Gasteiger partial charge in [-0.25, -0.2) is 4.98 Å². The van der Waals surface area contributed by atoms with Crippen LogP contribution in [0.25, 0.3) is 11.4 Å². The largest absolute Gasteiger partial charge is 0.507 e. The number of nitrogens with one attached hydrogen (secondary N) is 1. The van der Waals surface area contributed by atoms with Gasteiger partial charge in [0.2, 0.25) is 11.7 Å². The molecule has 2 heterocycles. The molecule has 4 rings (SSSR count). The lowest BCUT2D eigenvalue weighted by atomic mass is 10.0. The van der Waals surface area contributed by atoms with Crippen LogP contribution in [0.15, 0.2) is 54.7 Å². The smallest absolute Gasteiger partial charge is 0.219 e. The molecule has 9 heteroatoms. The lowest BCUT2D eigenvalue weighted by Gasteiger charge is -2.13. The van der Waals surface area contributed by atoms with Crippen molar-refractivity contribution in [1.29, 1.82) is 0 Å². The summed E-state index contributed by atoms with van der Waals surface area (Å²) in [6, 6.07) is 14.2. The van der Waals surface area contributed by atoms with Crippen molar-refractivity contribution < 1.29 is 19.4 Å². The van der Waals surface area contributed by atoms with Gasteiger partial charge in [-0.1, -0.05) is 19.1 Å². The third-order valence-electron chi connectivity index (χ3n) is 4.86. The molecular formula is C23H21N5O4. The Kier molecular flexibility index (Phi) is 6.07. The van der Waals surface area contributed by atoms with Crippen LogP contribution in [-0.4, -0.2) is 36.5 Å². The molecule has 2 N–H and O–H groups in total. The van der Waals surface area contributed by atoms with Crippen LogP contribution in [0.2, 0.25) is 0 Å². The molecule has 2 aromatic heterocycles. The zero-order valence-corrected chi connectivity index (χ0v) is 17.6. The molecule has 32 heavy (non-hydrogen) atoms. The molecule has 0 aliphatic rings. The minimum atomic E-state index is -0.110. The average Bonchev–Trinajstić information content (AvgIpc) is 3.35. The number of ether oxygens (including phenoxy) is 2. The van der Waals surface area contributed by atoms with E-state index in [1.807, 2.05) is 24.3 Å². The van der Waals surface area contributed by atoms with Crippen molar-refractivity contribution in [2.75, 3.05) is 0 Å². The average molecular weight is 431 g/mol. The fourth-order valence-electron chi connectivity index (χ4n) is 3.09. The van der Waals surface area contributed by atoms with Crippen LogP contribution in [0.3, 0.4) is 0 Å². The van der Waals surface area contributed by atoms with E-state index >= 15 is 0 Å². The molecule has 0 aliphatic carbocycles. The number of H-pyrrole nitrogens is 1. The van der Waals surface area contributed by atoms with Gasteiger partial charge in [-0.2, -0.15) is 5.21 Å². The van der Waals surface area contributed by atoms with Crippen LogP contribution in [0.4, 0.5) is 0 Å². The highest BCUT2D eigenvalue weighted by Crippen LogP contribution is 2.32. The Labute approximate surface area is 184 Å². The van der Waals surface area contributed by atoms with Crippen LogP contribution in [0.5, 0.6) is 23.1 Å². The van der Waals surface area contributed by atoms with E-state index in [0.29, 0.717) is 40.8 Å². The van der Waals surface area contributed by atoms with Gasteiger partial charge in [0.15, 0.2) is 5.78 Å². The Morgan fingerprint density at radius 2 is 2.03 bits per heavy atom. The van der Waals surface area contributed by atoms with Crippen molar-refractivity contribution in [2.45, 2.75) is 26.9 Å². The van der Waals surface area contributed by atoms with Crippen LogP contribution in [0.1, 0.15) is 34.8 Å². The first-order valence-corrected chi connectivity index (χ1v) is 10.0. The quantitative estimate of drug-likeness (QED) is 0.397. The minimum absolute atomic E-state index is 0.0400. The number of benzene rings is 2. The van der Waals surface area contributed by atoms with E-state index in [9.17, 15) is 9.90 Å². The van der Waals surface area contributed by atoms with Gasteiger partial charge in [-0.05, 0) is 48.0 Å². The number of tetrazole rings is 1. The molecule has 0 fully saturated rings. The number of phenols is 1. The molecule has 0 amide bonds. The molecule has 0 bridgehead atoms. The van der Waals surface area contributed by atoms with Crippen LogP contribution in [-0.2, 0) is 6.61 Å². The summed E-state index contributed by atoms with van der Waals surface area (Å²) >= 11 is 0. The Morgan fingerprint density at radius 3 is 2.75 bits per heavy atom. The summed E-state index contributed by atoms with van der Waals surface area (Å²) < 4.78 is 11.7. The normalized spacial score (nSPS) is 10.7. The summed E-state index contributed by atoms with van der Waals surface area (Å²) in [6.45, 7) is 3.75. The molecule has 162 valence electrons. The first-order valence-electron chi connectivity index (χ1n) is 10.0. The number of rotatable bonds is 8. The molecule has 0 radical (unpaired) electrons. The predicted molar refractivity (Wildman–Crippen MR) is 116 cm³/mol. The first kappa shape index (κ1) is 21.0. The number of carbonyl (C=O) groups excluding carboxylic acids is 1. The maximum Gasteiger partial charge on any atom is 0.219 e. The van der Waals surface area contributed by atoms with Gasteiger partial charge in [0, 0.05) is 29.8 Å². The zero-order valence-electron chi connectivity index (χ0n) is 17.6. The lowest BCUT2D eigenvalue weighted by Crippen LogP contribution is -2.02. The van der Waals surface area contributed by atoms with E-state index < -0.39 is 0 Å². The summed E-state index contributed by atoms with van der Waals surface area (Å²) in [5, 5.41) is 24.1. The number of aromatic nitrogens is 5. The lowest BCUT2D eigenvalue weighted by molar-refractivity contribution is 0.0985. The van der Waals surface area contributed by atoms with Crippen LogP contribution >= 0.6 is 0 Å². The number of aromatic amines is 1. The zero-order chi connectivity index (χ0) is 22.5. The van der Waals surface area contributed by atoms with Gasteiger partial charge in [-0.15, -0.1) is 10.2 Å². The van der Waals surface area contributed by atoms with Crippen molar-refractivity contribution in [3.8, 4) is 34.5 Å². The van der Waals surface area contributed by atoms with Gasteiger partial charge < -0.3 is 14.6 Å². The van der Waals surface area contributed by atoms with E-state index in [-0.39, 0.29) is 18.1 Å². The van der Waals surface area contributed by atoms with E-state index in [1.165, 1.54) is 0 Å². The van der Waals surface area contributed by atoms with Crippen molar-refractivity contribution in [1.82, 2.24) is 25.6 Å². The topological polar surface area (TPSA) is 123 Å². The predicted octanol–water partition coefficient (Wildman–Crippen LogP) is 4.24. The third kappa shape index (κ3) is 4.56. The summed E-state index contributed by atoms with van der Waals surface area (Å²) in [5.74, 6) is 1.85. The van der Waals surface area contributed by atoms with E-state index in [2.05, 4.69) is 25.6 Å². The van der Waals surface area contributed by atoms with Crippen molar-refractivity contribution in [3.63, 3.8) is 0 Å². The highest BCUT2D eigenvalue weighted by Gasteiger charge is 2.15. The number of aromatic hydroxyl groups is 1. The second-order valence-corrected chi connectivity index (χ2v) is 7.02. The summed E-state index contributed by atoms with van der Waals surface area (Å²) in [7, 11) is 0. The number of phenolic OH excluding ortho intramolecular Hbond substituents is 1. The first-order chi connectivity index (χ1) is 15.5. The molecule has 0 spiro atoms. The van der Waals surface area contributed by atoms with E-state index in [4.69, 9.17) is 9.47 Å². The van der Waals surface area contributed by atoms with Gasteiger partial charge in [0.1, 0.15) is 23.9 Å². The molecule has 0 atom stereocenters. The standard InChI is InChI=1S/C23H21N5O4/c1-3-19(29)18-8-9-20(14(2)22(18)30)31-13-15-5-4-6-17(11-15)32-21-10-7-16(12-24-21)23-25-27-28-26-23/h4-12,30H,3,13H2,1-2H3,(H,25,26,27,28). The third-order valence-corrected chi connectivity index (χ3v) is 4.86. The Morgan fingerprint density at radius 1 is 1.16 bits per heavy atom. The maximum absolute atomic E-state index is 11.9. The summed E-state index contributed by atoms with van der Waals surface area (Å²) in [5.41, 5.74) is 2.44. The Hall–Kier alpha value is -4.27. The molecule has 0 saturated heterocycles. The number of pyridine rings is 1. The summed E-state index contributed by atoms with van der Waals surface area (Å²) in [4.78, 5) is 16.2. The Balaban J connectivity index is 1.42. The fraction of sp³-hybridized carbons (Fsp3) is 0.174. The van der Waals surface area contributed by atoms with Gasteiger partial charge in [-0.3, -0.25) is 4.79 Å². The fourth-order valence-corrected chi connectivity index (χ4v) is 3.09. The molecule has 2 aromatic carbocycles. The van der Waals surface area contributed by atoms with Crippen molar-refractivity contribution in [2.24, 2.45) is 0 Å². The second-order valence-electron chi connectivity index (χ2n) is 7.02. The van der Waals surface area contributed by atoms with Crippen LogP contribution < -0.4 is 9.47 Å². The molecule has 0 aliphatic heterocycles. The van der Waals surface area contributed by atoms with Gasteiger partial charge in [0.05, 0.1) is 5.56 Å². The molecule has 0 unspecified atom stereocenters. The van der Waals surface area contributed by atoms with Gasteiger partial charge in [0.25, 0.3) is 0 Å².